The standard InChI is InChI=1S/C16H24FNS/c1-3-8-18-15(16-5-4-9-19-16)11-13-6-7-14(17)10-12(13)2/h6-7,10,15-16,18H,3-5,8-9,11H2,1-2H3. The third-order valence-electron chi connectivity index (χ3n) is 3.81. The van der Waals surface area contributed by atoms with Crippen LogP contribution >= 0.6 is 11.8 Å². The normalized spacial score (nSPS) is 20.7. The van der Waals surface area contributed by atoms with Gasteiger partial charge in [0, 0.05) is 11.3 Å². The minimum atomic E-state index is -0.130. The molecule has 2 rings (SSSR count). The Hall–Kier alpha value is -0.540. The maximum atomic E-state index is 13.2. The van der Waals surface area contributed by atoms with Crippen LogP contribution in [-0.2, 0) is 6.42 Å². The van der Waals surface area contributed by atoms with E-state index in [4.69, 9.17) is 0 Å². The minimum Gasteiger partial charge on any atom is -0.313 e. The molecule has 1 heterocycles. The number of hydrogen-bond donors (Lipinski definition) is 1. The summed E-state index contributed by atoms with van der Waals surface area (Å²) in [6, 6.07) is 5.71. The molecule has 1 nitrogen and oxygen atoms in total. The molecule has 2 unspecified atom stereocenters. The Kier molecular flexibility index (Phi) is 5.71. The van der Waals surface area contributed by atoms with E-state index in [-0.39, 0.29) is 5.82 Å². The molecule has 1 aliphatic rings. The van der Waals surface area contributed by atoms with Gasteiger partial charge in [-0.05, 0) is 68.2 Å². The van der Waals surface area contributed by atoms with E-state index in [1.54, 1.807) is 12.1 Å². The van der Waals surface area contributed by atoms with Crippen LogP contribution in [0.3, 0.4) is 0 Å². The molecule has 0 saturated carbocycles. The molecule has 2 atom stereocenters. The van der Waals surface area contributed by atoms with Crippen LogP contribution < -0.4 is 5.32 Å². The van der Waals surface area contributed by atoms with Gasteiger partial charge >= 0.3 is 0 Å². The SMILES string of the molecule is CCCNC(Cc1ccc(F)cc1C)C1CCCS1. The average molecular weight is 281 g/mol. The van der Waals surface area contributed by atoms with Crippen LogP contribution in [0.15, 0.2) is 18.2 Å². The van der Waals surface area contributed by atoms with Crippen molar-refractivity contribution in [2.75, 3.05) is 12.3 Å². The fourth-order valence-electron chi connectivity index (χ4n) is 2.71. The number of nitrogens with one attached hydrogen (secondary N) is 1. The van der Waals surface area contributed by atoms with Crippen molar-refractivity contribution in [2.24, 2.45) is 0 Å². The van der Waals surface area contributed by atoms with Gasteiger partial charge in [-0.3, -0.25) is 0 Å². The number of rotatable bonds is 6. The van der Waals surface area contributed by atoms with Crippen LogP contribution in [0, 0.1) is 12.7 Å². The van der Waals surface area contributed by atoms with E-state index in [9.17, 15) is 4.39 Å². The second-order valence-electron chi connectivity index (χ2n) is 5.39. The molecule has 106 valence electrons. The molecule has 1 saturated heterocycles. The Bertz CT molecular complexity index is 402. The van der Waals surface area contributed by atoms with Gasteiger partial charge in [-0.25, -0.2) is 4.39 Å². The Morgan fingerprint density at radius 2 is 2.32 bits per heavy atom. The average Bonchev–Trinajstić information content (AvgIpc) is 2.90. The zero-order chi connectivity index (χ0) is 13.7. The molecule has 1 N–H and O–H groups in total. The molecule has 0 spiro atoms. The minimum absolute atomic E-state index is 0.130. The fraction of sp³-hybridized carbons (Fsp3) is 0.625. The van der Waals surface area contributed by atoms with Gasteiger partial charge in [0.15, 0.2) is 0 Å². The first-order valence-electron chi connectivity index (χ1n) is 7.30. The van der Waals surface area contributed by atoms with Crippen LogP contribution in [0.5, 0.6) is 0 Å². The first-order valence-corrected chi connectivity index (χ1v) is 8.35. The molecular formula is C16H24FNS. The molecule has 3 heteroatoms. The molecule has 0 bridgehead atoms. The molecule has 0 aromatic heterocycles. The lowest BCUT2D eigenvalue weighted by atomic mass is 9.97. The molecule has 1 aliphatic heterocycles. The predicted octanol–water partition coefficient (Wildman–Crippen LogP) is 3.94. The summed E-state index contributed by atoms with van der Waals surface area (Å²) in [5, 5.41) is 4.41. The van der Waals surface area contributed by atoms with E-state index in [1.807, 2.05) is 13.0 Å². The highest BCUT2D eigenvalue weighted by molar-refractivity contribution is 8.00. The Morgan fingerprint density at radius 1 is 1.47 bits per heavy atom. The lowest BCUT2D eigenvalue weighted by Crippen LogP contribution is -2.39. The third kappa shape index (κ3) is 4.22. The maximum Gasteiger partial charge on any atom is 0.123 e. The number of aryl methyl sites for hydroxylation is 1. The Balaban J connectivity index is 2.05. The first kappa shape index (κ1) is 14.9. The monoisotopic (exact) mass is 281 g/mol. The van der Waals surface area contributed by atoms with E-state index in [0.29, 0.717) is 6.04 Å². The van der Waals surface area contributed by atoms with Gasteiger partial charge in [-0.1, -0.05) is 13.0 Å². The van der Waals surface area contributed by atoms with Crippen molar-refractivity contribution in [3.8, 4) is 0 Å². The number of benzene rings is 1. The van der Waals surface area contributed by atoms with Gasteiger partial charge in [-0.2, -0.15) is 11.8 Å². The Labute approximate surface area is 120 Å². The van der Waals surface area contributed by atoms with Gasteiger partial charge in [-0.15, -0.1) is 0 Å². The van der Waals surface area contributed by atoms with Gasteiger partial charge in [0.25, 0.3) is 0 Å². The van der Waals surface area contributed by atoms with Crippen LogP contribution in [0.1, 0.15) is 37.3 Å². The van der Waals surface area contributed by atoms with Crippen molar-refractivity contribution >= 4 is 11.8 Å². The number of hydrogen-bond acceptors (Lipinski definition) is 2. The van der Waals surface area contributed by atoms with Crippen molar-refractivity contribution < 1.29 is 4.39 Å². The highest BCUT2D eigenvalue weighted by atomic mass is 32.2. The highest BCUT2D eigenvalue weighted by Gasteiger charge is 2.25. The van der Waals surface area contributed by atoms with Crippen molar-refractivity contribution in [1.29, 1.82) is 0 Å². The summed E-state index contributed by atoms with van der Waals surface area (Å²) < 4.78 is 13.2. The number of halogens is 1. The van der Waals surface area contributed by atoms with Crippen LogP contribution in [0.2, 0.25) is 0 Å². The predicted molar refractivity (Wildman–Crippen MR) is 82.4 cm³/mol. The third-order valence-corrected chi connectivity index (χ3v) is 5.33. The molecule has 1 aromatic rings. The second-order valence-corrected chi connectivity index (χ2v) is 6.73. The zero-order valence-electron chi connectivity index (χ0n) is 11.9. The molecule has 1 aromatic carbocycles. The molecule has 1 fully saturated rings. The van der Waals surface area contributed by atoms with E-state index >= 15 is 0 Å². The lowest BCUT2D eigenvalue weighted by Gasteiger charge is -2.25. The van der Waals surface area contributed by atoms with E-state index in [0.717, 1.165) is 30.2 Å². The summed E-state index contributed by atoms with van der Waals surface area (Å²) in [5.74, 6) is 1.16. The molecular weight excluding hydrogens is 257 g/mol. The van der Waals surface area contributed by atoms with E-state index in [1.165, 1.54) is 24.2 Å². The topological polar surface area (TPSA) is 12.0 Å². The highest BCUT2D eigenvalue weighted by Crippen LogP contribution is 2.30. The van der Waals surface area contributed by atoms with Crippen LogP contribution in [0.4, 0.5) is 4.39 Å². The van der Waals surface area contributed by atoms with E-state index in [2.05, 4.69) is 24.0 Å². The largest absolute Gasteiger partial charge is 0.313 e. The molecule has 0 radical (unpaired) electrons. The maximum absolute atomic E-state index is 13.2. The number of thioether (sulfide) groups is 1. The quantitative estimate of drug-likeness (QED) is 0.847. The summed E-state index contributed by atoms with van der Waals surface area (Å²) in [5.41, 5.74) is 2.36. The van der Waals surface area contributed by atoms with Crippen molar-refractivity contribution in [2.45, 2.75) is 50.8 Å². The smallest absolute Gasteiger partial charge is 0.123 e. The summed E-state index contributed by atoms with van der Waals surface area (Å²) in [7, 11) is 0. The van der Waals surface area contributed by atoms with Crippen LogP contribution in [0.25, 0.3) is 0 Å². The first-order chi connectivity index (χ1) is 9.20. The molecule has 0 amide bonds. The van der Waals surface area contributed by atoms with Gasteiger partial charge in [0.05, 0.1) is 0 Å². The van der Waals surface area contributed by atoms with Crippen molar-refractivity contribution in [1.82, 2.24) is 5.32 Å². The fourth-order valence-corrected chi connectivity index (χ4v) is 4.10. The summed E-state index contributed by atoms with van der Waals surface area (Å²) in [4.78, 5) is 0. The van der Waals surface area contributed by atoms with Crippen LogP contribution in [-0.4, -0.2) is 23.6 Å². The summed E-state index contributed by atoms with van der Waals surface area (Å²) >= 11 is 2.09. The molecule has 0 aliphatic carbocycles. The summed E-state index contributed by atoms with van der Waals surface area (Å²) in [6.07, 6.45) is 4.83. The molecule has 19 heavy (non-hydrogen) atoms. The van der Waals surface area contributed by atoms with Gasteiger partial charge < -0.3 is 5.32 Å². The van der Waals surface area contributed by atoms with Crippen molar-refractivity contribution in [3.05, 3.63) is 35.1 Å². The second kappa shape index (κ2) is 7.30. The van der Waals surface area contributed by atoms with Gasteiger partial charge in [0.1, 0.15) is 5.82 Å². The summed E-state index contributed by atoms with van der Waals surface area (Å²) in [6.45, 7) is 5.29. The Morgan fingerprint density at radius 3 is 2.95 bits per heavy atom. The van der Waals surface area contributed by atoms with Crippen molar-refractivity contribution in [3.63, 3.8) is 0 Å². The zero-order valence-corrected chi connectivity index (χ0v) is 12.7. The van der Waals surface area contributed by atoms with E-state index < -0.39 is 0 Å². The van der Waals surface area contributed by atoms with Gasteiger partial charge in [0.2, 0.25) is 0 Å². The lowest BCUT2D eigenvalue weighted by molar-refractivity contribution is 0.481.